The fourth-order valence-electron chi connectivity index (χ4n) is 2.57. The summed E-state index contributed by atoms with van der Waals surface area (Å²) < 4.78 is 20.7. The minimum absolute atomic E-state index is 0.0895. The van der Waals surface area contributed by atoms with Gasteiger partial charge in [-0.25, -0.2) is 9.59 Å². The van der Waals surface area contributed by atoms with Gasteiger partial charge in [-0.3, -0.25) is 4.79 Å². The van der Waals surface area contributed by atoms with Crippen LogP contribution in [0.15, 0.2) is 29.3 Å². The summed E-state index contributed by atoms with van der Waals surface area (Å²) in [6.07, 6.45) is 1.73. The van der Waals surface area contributed by atoms with Gasteiger partial charge in [0.2, 0.25) is 5.91 Å². The number of hydrogen-bond acceptors (Lipinski definition) is 8. The first-order valence-corrected chi connectivity index (χ1v) is 9.36. The number of fused-ring (bicyclic) bond motifs is 1. The highest BCUT2D eigenvalue weighted by Crippen LogP contribution is 2.31. The second kappa shape index (κ2) is 8.81. The molecule has 1 saturated heterocycles. The lowest BCUT2D eigenvalue weighted by molar-refractivity contribution is -0.134. The summed E-state index contributed by atoms with van der Waals surface area (Å²) in [5.74, 6) is 0.329. The van der Waals surface area contributed by atoms with E-state index in [1.807, 2.05) is 0 Å². The highest BCUT2D eigenvalue weighted by atomic mass is 32.2. The Labute approximate surface area is 160 Å². The van der Waals surface area contributed by atoms with Crippen LogP contribution in [0.3, 0.4) is 0 Å². The topological polar surface area (TPSA) is 91.4 Å². The molecule has 2 heterocycles. The second-order valence-electron chi connectivity index (χ2n) is 5.69. The molecule has 1 aromatic carbocycles. The third-order valence-corrected chi connectivity index (χ3v) is 4.92. The monoisotopic (exact) mass is 393 g/mol. The molecule has 1 fully saturated rings. The summed E-state index contributed by atoms with van der Waals surface area (Å²) in [7, 11) is 1.28. The first kappa shape index (κ1) is 19.1. The predicted molar refractivity (Wildman–Crippen MR) is 96.6 cm³/mol. The van der Waals surface area contributed by atoms with Crippen molar-refractivity contribution >= 4 is 29.6 Å². The summed E-state index contributed by atoms with van der Waals surface area (Å²) in [5, 5.41) is 0.546. The molecule has 2 aliphatic heterocycles. The smallest absolute Gasteiger partial charge is 0.338 e. The molecule has 1 amide bonds. The molecule has 0 aliphatic carbocycles. The van der Waals surface area contributed by atoms with Gasteiger partial charge in [-0.05, 0) is 24.6 Å². The lowest BCUT2D eigenvalue weighted by atomic mass is 10.2. The number of rotatable bonds is 6. The van der Waals surface area contributed by atoms with Crippen molar-refractivity contribution in [3.8, 4) is 11.5 Å². The van der Waals surface area contributed by atoms with Crippen molar-refractivity contribution in [2.75, 3.05) is 39.2 Å². The number of esters is 2. The third-order valence-electron chi connectivity index (χ3n) is 3.89. The van der Waals surface area contributed by atoms with Crippen molar-refractivity contribution in [2.24, 2.45) is 0 Å². The van der Waals surface area contributed by atoms with E-state index >= 15 is 0 Å². The van der Waals surface area contributed by atoms with E-state index in [0.717, 1.165) is 0 Å². The molecule has 0 unspecified atom stereocenters. The summed E-state index contributed by atoms with van der Waals surface area (Å²) in [6.45, 7) is 1.42. The van der Waals surface area contributed by atoms with Gasteiger partial charge in [-0.2, -0.15) is 0 Å². The van der Waals surface area contributed by atoms with Crippen LogP contribution in [-0.4, -0.2) is 62.0 Å². The molecule has 0 radical (unpaired) electrons. The maximum Gasteiger partial charge on any atom is 0.338 e. The average molecular weight is 393 g/mol. The van der Waals surface area contributed by atoms with Crippen LogP contribution in [0.4, 0.5) is 0 Å². The van der Waals surface area contributed by atoms with E-state index in [2.05, 4.69) is 4.74 Å². The molecule has 9 heteroatoms. The Hall–Kier alpha value is -2.68. The van der Waals surface area contributed by atoms with Crippen LogP contribution >= 0.6 is 11.8 Å². The molecular weight excluding hydrogens is 374 g/mol. The number of methoxy groups -OCH3 is 1. The molecule has 0 aromatic heterocycles. The van der Waals surface area contributed by atoms with Gasteiger partial charge in [0.15, 0.2) is 11.5 Å². The zero-order valence-electron chi connectivity index (χ0n) is 14.8. The largest absolute Gasteiger partial charge is 0.486 e. The lowest BCUT2D eigenvalue weighted by Crippen LogP contribution is -2.27. The Kier molecular flexibility index (Phi) is 6.23. The molecule has 0 spiro atoms. The molecule has 2 aliphatic rings. The van der Waals surface area contributed by atoms with E-state index in [-0.39, 0.29) is 18.3 Å². The van der Waals surface area contributed by atoms with E-state index in [4.69, 9.17) is 14.2 Å². The zero-order chi connectivity index (χ0) is 19.2. The van der Waals surface area contributed by atoms with Gasteiger partial charge in [0, 0.05) is 6.54 Å². The third kappa shape index (κ3) is 4.73. The Bertz CT molecular complexity index is 777. The van der Waals surface area contributed by atoms with Crippen molar-refractivity contribution < 1.29 is 33.3 Å². The van der Waals surface area contributed by atoms with Crippen molar-refractivity contribution in [3.63, 3.8) is 0 Å². The van der Waals surface area contributed by atoms with E-state index in [1.165, 1.54) is 29.8 Å². The van der Waals surface area contributed by atoms with Crippen molar-refractivity contribution in [1.82, 2.24) is 4.90 Å². The molecule has 144 valence electrons. The van der Waals surface area contributed by atoms with Gasteiger partial charge in [0.1, 0.15) is 13.2 Å². The van der Waals surface area contributed by atoms with Crippen LogP contribution in [0.5, 0.6) is 11.5 Å². The molecule has 27 heavy (non-hydrogen) atoms. The quantitative estimate of drug-likeness (QED) is 0.409. The van der Waals surface area contributed by atoms with Crippen LogP contribution in [0, 0.1) is 0 Å². The summed E-state index contributed by atoms with van der Waals surface area (Å²) in [4.78, 5) is 36.9. The van der Waals surface area contributed by atoms with Gasteiger partial charge >= 0.3 is 11.9 Å². The Balaban J connectivity index is 1.49. The van der Waals surface area contributed by atoms with E-state index in [1.54, 1.807) is 18.2 Å². The Morgan fingerprint density at radius 3 is 2.81 bits per heavy atom. The maximum absolute atomic E-state index is 12.2. The average Bonchev–Trinajstić information content (AvgIpc) is 3.03. The second-order valence-corrected chi connectivity index (χ2v) is 6.68. The van der Waals surface area contributed by atoms with Crippen molar-refractivity contribution in [3.05, 3.63) is 34.9 Å². The molecule has 1 aromatic rings. The number of nitrogens with zero attached hydrogens (tertiary/aromatic N) is 1. The number of carbonyl (C=O) groups is 3. The minimum Gasteiger partial charge on any atom is -0.486 e. The Morgan fingerprint density at radius 2 is 2.04 bits per heavy atom. The number of amides is 1. The van der Waals surface area contributed by atoms with Gasteiger partial charge in [0.25, 0.3) is 0 Å². The molecule has 8 nitrogen and oxygen atoms in total. The SMILES string of the molecule is COC(=O)/C=C1/SCC(=O)N1CCCOC(=O)c1ccc2c(c1)OCCO2. The molecule has 0 atom stereocenters. The number of ether oxygens (including phenoxy) is 4. The van der Waals surface area contributed by atoms with Gasteiger partial charge in [-0.1, -0.05) is 11.8 Å². The van der Waals surface area contributed by atoms with E-state index in [0.29, 0.717) is 48.3 Å². The summed E-state index contributed by atoms with van der Waals surface area (Å²) in [6, 6.07) is 4.89. The van der Waals surface area contributed by atoms with Crippen LogP contribution in [-0.2, 0) is 19.1 Å². The molecule has 0 bridgehead atoms. The highest BCUT2D eigenvalue weighted by molar-refractivity contribution is 8.04. The van der Waals surface area contributed by atoms with Crippen molar-refractivity contribution in [1.29, 1.82) is 0 Å². The van der Waals surface area contributed by atoms with Gasteiger partial charge in [-0.15, -0.1) is 0 Å². The van der Waals surface area contributed by atoms with Gasteiger partial charge < -0.3 is 23.8 Å². The minimum atomic E-state index is -0.512. The normalized spacial score (nSPS) is 17.1. The molecule has 3 rings (SSSR count). The first-order valence-electron chi connectivity index (χ1n) is 8.38. The fraction of sp³-hybridized carbons (Fsp3) is 0.389. The Morgan fingerprint density at radius 1 is 1.26 bits per heavy atom. The van der Waals surface area contributed by atoms with Gasteiger partial charge in [0.05, 0.1) is 36.1 Å². The molecule has 0 N–H and O–H groups in total. The number of benzene rings is 1. The number of hydrogen-bond donors (Lipinski definition) is 0. The van der Waals surface area contributed by atoms with Crippen LogP contribution in [0.2, 0.25) is 0 Å². The van der Waals surface area contributed by atoms with Crippen LogP contribution in [0.25, 0.3) is 0 Å². The standard InChI is InChI=1S/C18H19NO7S/c1-23-17(21)10-16-19(15(20)11-27-16)5-2-6-26-18(22)12-3-4-13-14(9-12)25-8-7-24-13/h3-4,9-10H,2,5-8,11H2,1H3/b16-10+. The van der Waals surface area contributed by atoms with E-state index in [9.17, 15) is 14.4 Å². The van der Waals surface area contributed by atoms with E-state index < -0.39 is 11.9 Å². The molecular formula is C18H19NO7S. The predicted octanol–water partition coefficient (Wildman–Crippen LogP) is 1.59. The number of carbonyl (C=O) groups excluding carboxylic acids is 3. The summed E-state index contributed by atoms with van der Waals surface area (Å²) in [5.41, 5.74) is 0.373. The van der Waals surface area contributed by atoms with Crippen LogP contribution in [0.1, 0.15) is 16.8 Å². The van der Waals surface area contributed by atoms with Crippen molar-refractivity contribution in [2.45, 2.75) is 6.42 Å². The maximum atomic E-state index is 12.2. The van der Waals surface area contributed by atoms with Crippen LogP contribution < -0.4 is 9.47 Å². The number of thioether (sulfide) groups is 1. The molecule has 0 saturated carbocycles. The lowest BCUT2D eigenvalue weighted by Gasteiger charge is -2.19. The summed E-state index contributed by atoms with van der Waals surface area (Å²) >= 11 is 1.28. The fourth-order valence-corrected chi connectivity index (χ4v) is 3.53. The first-order chi connectivity index (χ1) is 13.1. The zero-order valence-corrected chi connectivity index (χ0v) is 15.6. The highest BCUT2D eigenvalue weighted by Gasteiger charge is 2.27.